The lowest BCUT2D eigenvalue weighted by Gasteiger charge is -2.33. The minimum Gasteiger partial charge on any atom is -0.336 e. The van der Waals surface area contributed by atoms with Gasteiger partial charge in [-0.3, -0.25) is 4.79 Å². The summed E-state index contributed by atoms with van der Waals surface area (Å²) in [7, 11) is 2.11. The maximum absolute atomic E-state index is 12.7. The van der Waals surface area contributed by atoms with Crippen molar-refractivity contribution in [2.24, 2.45) is 0 Å². The molecule has 2 heterocycles. The van der Waals surface area contributed by atoms with E-state index in [2.05, 4.69) is 23.3 Å². The highest BCUT2D eigenvalue weighted by Gasteiger charge is 2.24. The third-order valence-corrected chi connectivity index (χ3v) is 4.17. The van der Waals surface area contributed by atoms with E-state index in [-0.39, 0.29) is 5.91 Å². The molecule has 2 aliphatic rings. The van der Waals surface area contributed by atoms with Gasteiger partial charge in [-0.2, -0.15) is 0 Å². The standard InChI is InChI=1S/C15H21N3O/c1-17-7-9-18(10-8-17)15(19)13-4-2-3-12-5-6-16-11-14(12)13/h2-4,16H,5-11H2,1H3. The molecule has 4 heteroatoms. The molecule has 1 aromatic rings. The van der Waals surface area contributed by atoms with Crippen molar-refractivity contribution in [3.05, 3.63) is 34.9 Å². The molecular formula is C15H21N3O. The summed E-state index contributed by atoms with van der Waals surface area (Å²) >= 11 is 0. The van der Waals surface area contributed by atoms with Crippen LogP contribution >= 0.6 is 0 Å². The molecule has 1 amide bonds. The molecule has 0 atom stereocenters. The van der Waals surface area contributed by atoms with E-state index in [1.54, 1.807) is 0 Å². The lowest BCUT2D eigenvalue weighted by molar-refractivity contribution is 0.0662. The SMILES string of the molecule is CN1CCN(C(=O)c2cccc3c2CNCC3)CC1. The maximum atomic E-state index is 12.7. The van der Waals surface area contributed by atoms with Gasteiger partial charge >= 0.3 is 0 Å². The number of nitrogens with zero attached hydrogens (tertiary/aromatic N) is 2. The van der Waals surface area contributed by atoms with Crippen LogP contribution in [0.4, 0.5) is 0 Å². The Morgan fingerprint density at radius 1 is 1.21 bits per heavy atom. The van der Waals surface area contributed by atoms with Crippen LogP contribution in [0.5, 0.6) is 0 Å². The average Bonchev–Trinajstić information content (AvgIpc) is 2.47. The van der Waals surface area contributed by atoms with Crippen LogP contribution in [-0.2, 0) is 13.0 Å². The molecule has 2 aliphatic heterocycles. The molecule has 0 aromatic heterocycles. The number of amides is 1. The largest absolute Gasteiger partial charge is 0.336 e. The summed E-state index contributed by atoms with van der Waals surface area (Å²) in [4.78, 5) is 16.9. The number of hydrogen-bond donors (Lipinski definition) is 1. The number of benzene rings is 1. The first-order valence-corrected chi connectivity index (χ1v) is 7.05. The molecule has 0 saturated carbocycles. The molecule has 0 radical (unpaired) electrons. The van der Waals surface area contributed by atoms with Crippen LogP contribution in [0.3, 0.4) is 0 Å². The van der Waals surface area contributed by atoms with Crippen molar-refractivity contribution in [1.29, 1.82) is 0 Å². The van der Waals surface area contributed by atoms with E-state index in [0.29, 0.717) is 0 Å². The number of likely N-dealkylation sites (N-methyl/N-ethyl adjacent to an activating group) is 1. The van der Waals surface area contributed by atoms with Crippen LogP contribution in [0.25, 0.3) is 0 Å². The van der Waals surface area contributed by atoms with Gasteiger partial charge in [0.05, 0.1) is 0 Å². The zero-order valence-electron chi connectivity index (χ0n) is 11.5. The molecule has 1 N–H and O–H groups in total. The first-order valence-electron chi connectivity index (χ1n) is 7.05. The Labute approximate surface area is 114 Å². The second-order valence-corrected chi connectivity index (χ2v) is 5.47. The monoisotopic (exact) mass is 259 g/mol. The van der Waals surface area contributed by atoms with Crippen molar-refractivity contribution in [3.63, 3.8) is 0 Å². The van der Waals surface area contributed by atoms with Crippen molar-refractivity contribution >= 4 is 5.91 Å². The van der Waals surface area contributed by atoms with Gasteiger partial charge in [0.25, 0.3) is 5.91 Å². The first-order chi connectivity index (χ1) is 9.25. The highest BCUT2D eigenvalue weighted by atomic mass is 16.2. The summed E-state index contributed by atoms with van der Waals surface area (Å²) in [6.07, 6.45) is 1.03. The number of rotatable bonds is 1. The van der Waals surface area contributed by atoms with Crippen LogP contribution in [0.15, 0.2) is 18.2 Å². The van der Waals surface area contributed by atoms with Crippen molar-refractivity contribution in [2.75, 3.05) is 39.8 Å². The third-order valence-electron chi connectivity index (χ3n) is 4.17. The summed E-state index contributed by atoms with van der Waals surface area (Å²) in [6.45, 7) is 5.46. The van der Waals surface area contributed by atoms with Gasteiger partial charge in [-0.15, -0.1) is 0 Å². The molecule has 0 spiro atoms. The van der Waals surface area contributed by atoms with Gasteiger partial charge in [0.1, 0.15) is 0 Å². The molecule has 3 rings (SSSR count). The molecule has 1 saturated heterocycles. The average molecular weight is 259 g/mol. The summed E-state index contributed by atoms with van der Waals surface area (Å²) < 4.78 is 0. The van der Waals surface area contributed by atoms with E-state index in [1.807, 2.05) is 17.0 Å². The van der Waals surface area contributed by atoms with Crippen molar-refractivity contribution < 1.29 is 4.79 Å². The second-order valence-electron chi connectivity index (χ2n) is 5.47. The Balaban J connectivity index is 1.83. The number of nitrogens with one attached hydrogen (secondary N) is 1. The molecule has 1 fully saturated rings. The van der Waals surface area contributed by atoms with Gasteiger partial charge in [0.15, 0.2) is 0 Å². The van der Waals surface area contributed by atoms with Gasteiger partial charge in [-0.1, -0.05) is 12.1 Å². The fourth-order valence-electron chi connectivity index (χ4n) is 2.89. The predicted molar refractivity (Wildman–Crippen MR) is 75.3 cm³/mol. The van der Waals surface area contributed by atoms with Crippen molar-refractivity contribution in [2.45, 2.75) is 13.0 Å². The Morgan fingerprint density at radius 2 is 2.00 bits per heavy atom. The first kappa shape index (κ1) is 12.6. The Bertz CT molecular complexity index is 478. The Kier molecular flexibility index (Phi) is 3.53. The lowest BCUT2D eigenvalue weighted by Crippen LogP contribution is -2.47. The molecule has 1 aromatic carbocycles. The van der Waals surface area contributed by atoms with E-state index in [0.717, 1.165) is 51.3 Å². The van der Waals surface area contributed by atoms with Crippen LogP contribution < -0.4 is 5.32 Å². The number of carbonyl (C=O) groups is 1. The molecule has 102 valence electrons. The predicted octanol–water partition coefficient (Wildman–Crippen LogP) is 0.720. The third kappa shape index (κ3) is 2.51. The Morgan fingerprint density at radius 3 is 2.79 bits per heavy atom. The van der Waals surface area contributed by atoms with Crippen molar-refractivity contribution in [3.8, 4) is 0 Å². The molecule has 19 heavy (non-hydrogen) atoms. The highest BCUT2D eigenvalue weighted by Crippen LogP contribution is 2.20. The highest BCUT2D eigenvalue weighted by molar-refractivity contribution is 5.96. The minimum absolute atomic E-state index is 0.202. The van der Waals surface area contributed by atoms with Gasteiger partial charge < -0.3 is 15.1 Å². The van der Waals surface area contributed by atoms with Gasteiger partial charge in [-0.05, 0) is 37.2 Å². The molecule has 0 bridgehead atoms. The maximum Gasteiger partial charge on any atom is 0.254 e. The minimum atomic E-state index is 0.202. The normalized spacial score (nSPS) is 20.2. The zero-order chi connectivity index (χ0) is 13.2. The van der Waals surface area contributed by atoms with Crippen LogP contribution in [0.1, 0.15) is 21.5 Å². The zero-order valence-corrected chi connectivity index (χ0v) is 11.5. The van der Waals surface area contributed by atoms with E-state index < -0.39 is 0 Å². The van der Waals surface area contributed by atoms with Gasteiger partial charge in [0, 0.05) is 38.3 Å². The molecule has 0 unspecified atom stereocenters. The number of carbonyl (C=O) groups excluding carboxylic acids is 1. The summed E-state index contributed by atoms with van der Waals surface area (Å²) in [6, 6.07) is 6.15. The summed E-state index contributed by atoms with van der Waals surface area (Å²) in [5, 5.41) is 3.37. The summed E-state index contributed by atoms with van der Waals surface area (Å²) in [5.74, 6) is 0.202. The van der Waals surface area contributed by atoms with Crippen LogP contribution in [0, 0.1) is 0 Å². The van der Waals surface area contributed by atoms with E-state index in [1.165, 1.54) is 11.1 Å². The fraction of sp³-hybridized carbons (Fsp3) is 0.533. The second kappa shape index (κ2) is 5.31. The Hall–Kier alpha value is -1.39. The topological polar surface area (TPSA) is 35.6 Å². The summed E-state index contributed by atoms with van der Waals surface area (Å²) in [5.41, 5.74) is 3.44. The number of piperazine rings is 1. The number of hydrogen-bond acceptors (Lipinski definition) is 3. The molecule has 4 nitrogen and oxygen atoms in total. The van der Waals surface area contributed by atoms with Crippen molar-refractivity contribution in [1.82, 2.24) is 15.1 Å². The quantitative estimate of drug-likeness (QED) is 0.807. The van der Waals surface area contributed by atoms with Gasteiger partial charge in [0.2, 0.25) is 0 Å². The molecule has 0 aliphatic carbocycles. The molecular weight excluding hydrogens is 238 g/mol. The fourth-order valence-corrected chi connectivity index (χ4v) is 2.89. The van der Waals surface area contributed by atoms with E-state index in [9.17, 15) is 4.79 Å². The van der Waals surface area contributed by atoms with Crippen LogP contribution in [-0.4, -0.2) is 55.5 Å². The van der Waals surface area contributed by atoms with Gasteiger partial charge in [-0.25, -0.2) is 0 Å². The van der Waals surface area contributed by atoms with E-state index >= 15 is 0 Å². The smallest absolute Gasteiger partial charge is 0.254 e. The van der Waals surface area contributed by atoms with Crippen LogP contribution in [0.2, 0.25) is 0 Å². The number of fused-ring (bicyclic) bond motifs is 1. The van der Waals surface area contributed by atoms with E-state index in [4.69, 9.17) is 0 Å². The lowest BCUT2D eigenvalue weighted by atomic mass is 9.95.